The number of nitrogens with one attached hydrogen (secondary N) is 2. The predicted octanol–water partition coefficient (Wildman–Crippen LogP) is -1.46. The summed E-state index contributed by atoms with van der Waals surface area (Å²) < 4.78 is 0. The zero-order chi connectivity index (χ0) is 4.12. The van der Waals surface area contributed by atoms with Crippen molar-refractivity contribution < 1.29 is 0 Å². The van der Waals surface area contributed by atoms with E-state index in [2.05, 4.69) is 17.7 Å². The highest BCUT2D eigenvalue weighted by atomic mass is 15.5. The van der Waals surface area contributed by atoms with Crippen LogP contribution in [0.5, 0.6) is 0 Å². The minimum atomic E-state index is 2.03. The first-order valence-electron chi connectivity index (χ1n) is 1.08. The molecule has 0 aromatic carbocycles. The van der Waals surface area contributed by atoms with Gasteiger partial charge in [-0.25, -0.2) is 0 Å². The molecule has 0 aromatic rings. The minimum absolute atomic E-state index is 2.03. The van der Waals surface area contributed by atoms with Gasteiger partial charge in [-0.15, -0.1) is 0 Å². The zero-order valence-corrected chi connectivity index (χ0v) is 2.65. The monoisotopic (exact) mass is 71.0 g/mol. The molecule has 0 atom stereocenters. The quantitative estimate of drug-likeness (QED) is 0.153. The second-order valence-electron chi connectivity index (χ2n) is 0.414. The van der Waals surface area contributed by atoms with Crippen LogP contribution in [0.4, 0.5) is 0 Å². The van der Waals surface area contributed by atoms with E-state index >= 15 is 0 Å². The van der Waals surface area contributed by atoms with E-state index in [1.165, 1.54) is 0 Å². The first-order chi connectivity index (χ1) is 2.41. The molecule has 0 spiro atoms. The van der Waals surface area contributed by atoms with Crippen LogP contribution >= 0.6 is 0 Å². The molecule has 0 aliphatic carbocycles. The molecule has 0 amide bonds. The Morgan fingerprint density at radius 3 is 2.40 bits per heavy atom. The summed E-state index contributed by atoms with van der Waals surface area (Å²) in [5.41, 5.74) is 4.20. The molecule has 4 N–H and O–H groups in total. The fraction of sp³-hybridized carbons (Fsp3) is 0. The Kier molecular flexibility index (Phi) is 2.81. The summed E-state index contributed by atoms with van der Waals surface area (Å²) in [4.78, 5) is 0. The third kappa shape index (κ3) is 3.28. The van der Waals surface area contributed by atoms with Gasteiger partial charge in [0.15, 0.2) is 0 Å². The molecule has 5 heavy (non-hydrogen) atoms. The Balaban J connectivity index is 2.48. The lowest BCUT2D eigenvalue weighted by atomic mass is 11.2. The van der Waals surface area contributed by atoms with Crippen molar-refractivity contribution in [3.8, 4) is 12.5 Å². The van der Waals surface area contributed by atoms with Crippen molar-refractivity contribution in [2.24, 2.45) is 5.84 Å². The molecule has 0 aliphatic rings. The normalized spacial score (nSPS) is 5.60. The molecule has 0 bridgehead atoms. The van der Waals surface area contributed by atoms with Crippen molar-refractivity contribution in [2.45, 2.75) is 0 Å². The number of hydrazine groups is 2. The first-order valence-corrected chi connectivity index (χ1v) is 1.08. The molecule has 0 aromatic heterocycles. The Morgan fingerprint density at radius 2 is 2.40 bits per heavy atom. The molecule has 28 valence electrons. The van der Waals surface area contributed by atoms with E-state index < -0.39 is 0 Å². The molecule has 0 saturated carbocycles. The van der Waals surface area contributed by atoms with Gasteiger partial charge in [-0.05, 0) is 0 Å². The lowest BCUT2D eigenvalue weighted by Gasteiger charge is -1.83. The Morgan fingerprint density at radius 1 is 1.80 bits per heavy atom. The summed E-state index contributed by atoms with van der Waals surface area (Å²) in [6.07, 6.45) is 4.64. The molecule has 0 radical (unpaired) electrons. The van der Waals surface area contributed by atoms with Crippen molar-refractivity contribution in [1.29, 1.82) is 0 Å². The zero-order valence-electron chi connectivity index (χ0n) is 2.65. The highest BCUT2D eigenvalue weighted by Crippen LogP contribution is 1.16. The average Bonchev–Trinajstić information content (AvgIpc) is 1.41. The van der Waals surface area contributed by atoms with Gasteiger partial charge in [-0.3, -0.25) is 11.3 Å². The summed E-state index contributed by atoms with van der Waals surface area (Å²) in [5.74, 6) is 4.64. The summed E-state index contributed by atoms with van der Waals surface area (Å²) in [6, 6.07) is 2.03. The van der Waals surface area contributed by atoms with E-state index in [1.54, 1.807) is 0 Å². The second kappa shape index (κ2) is 3.28. The van der Waals surface area contributed by atoms with Crippen molar-refractivity contribution in [3.63, 3.8) is 0 Å². The number of terminal acetylenes is 1. The van der Waals surface area contributed by atoms with E-state index in [-0.39, 0.29) is 0 Å². The first kappa shape index (κ1) is 4.28. The fourth-order valence-corrected chi connectivity index (χ4v) is 0.0417. The molecule has 3 nitrogen and oxygen atoms in total. The van der Waals surface area contributed by atoms with Gasteiger partial charge >= 0.3 is 0 Å². The van der Waals surface area contributed by atoms with Crippen LogP contribution in [0.3, 0.4) is 0 Å². The van der Waals surface area contributed by atoms with Crippen LogP contribution in [0.1, 0.15) is 0 Å². The SMILES string of the molecule is C#CNNN. The third-order valence-corrected chi connectivity index (χ3v) is 0.144. The van der Waals surface area contributed by atoms with Gasteiger partial charge in [-0.1, -0.05) is 6.42 Å². The largest absolute Gasteiger partial charge is 0.267 e. The van der Waals surface area contributed by atoms with E-state index in [1.807, 2.05) is 11.6 Å². The molecular weight excluding hydrogens is 66.0 g/mol. The van der Waals surface area contributed by atoms with E-state index in [0.717, 1.165) is 0 Å². The summed E-state index contributed by atoms with van der Waals surface area (Å²) in [7, 11) is 0. The van der Waals surface area contributed by atoms with Gasteiger partial charge < -0.3 is 0 Å². The highest BCUT2D eigenvalue weighted by molar-refractivity contribution is 4.75. The lowest BCUT2D eigenvalue weighted by molar-refractivity contribution is 0.684. The predicted molar refractivity (Wildman–Crippen MR) is 19.3 cm³/mol. The topological polar surface area (TPSA) is 50.1 Å². The number of hydrogen-bond donors (Lipinski definition) is 3. The van der Waals surface area contributed by atoms with Gasteiger partial charge in [0, 0.05) is 6.04 Å². The van der Waals surface area contributed by atoms with Crippen LogP contribution in [-0.2, 0) is 0 Å². The van der Waals surface area contributed by atoms with Crippen molar-refractivity contribution in [3.05, 3.63) is 0 Å². The maximum absolute atomic E-state index is 4.64. The van der Waals surface area contributed by atoms with E-state index in [0.29, 0.717) is 0 Å². The van der Waals surface area contributed by atoms with Crippen LogP contribution < -0.4 is 16.8 Å². The van der Waals surface area contributed by atoms with Crippen LogP contribution in [0, 0.1) is 12.5 Å². The third-order valence-electron chi connectivity index (χ3n) is 0.144. The van der Waals surface area contributed by atoms with E-state index in [9.17, 15) is 0 Å². The summed E-state index contributed by atoms with van der Waals surface area (Å²) in [6.45, 7) is 0. The van der Waals surface area contributed by atoms with Crippen LogP contribution in [0.15, 0.2) is 0 Å². The lowest BCUT2D eigenvalue weighted by Crippen LogP contribution is -2.33. The maximum Gasteiger partial charge on any atom is 0.0178 e. The average molecular weight is 71.1 g/mol. The fourth-order valence-electron chi connectivity index (χ4n) is 0.0417. The van der Waals surface area contributed by atoms with Crippen LogP contribution in [0.25, 0.3) is 0 Å². The standard InChI is InChI=1S/C2H5N3/c1-2-4-5-3/h1,4-5H,3H2. The van der Waals surface area contributed by atoms with Gasteiger partial charge in [-0.2, -0.15) is 5.53 Å². The van der Waals surface area contributed by atoms with Crippen molar-refractivity contribution in [1.82, 2.24) is 11.0 Å². The molecule has 3 heteroatoms. The van der Waals surface area contributed by atoms with Crippen molar-refractivity contribution in [2.75, 3.05) is 0 Å². The Labute approximate surface area is 30.5 Å². The molecule has 0 unspecified atom stereocenters. The molecular formula is C2H5N3. The number of rotatable bonds is 1. The van der Waals surface area contributed by atoms with Crippen LogP contribution in [0.2, 0.25) is 0 Å². The Hall–Kier alpha value is -0.720. The second-order valence-corrected chi connectivity index (χ2v) is 0.414. The van der Waals surface area contributed by atoms with Gasteiger partial charge in [0.2, 0.25) is 0 Å². The van der Waals surface area contributed by atoms with Gasteiger partial charge in [0.05, 0.1) is 0 Å². The molecule has 0 heterocycles. The van der Waals surface area contributed by atoms with E-state index in [4.69, 9.17) is 0 Å². The van der Waals surface area contributed by atoms with Gasteiger partial charge in [0.1, 0.15) is 0 Å². The van der Waals surface area contributed by atoms with Crippen molar-refractivity contribution >= 4 is 0 Å². The Bertz CT molecular complexity index is 43.3. The highest BCUT2D eigenvalue weighted by Gasteiger charge is 1.48. The number of hydrogen-bond acceptors (Lipinski definition) is 3. The van der Waals surface area contributed by atoms with Gasteiger partial charge in [0.25, 0.3) is 0 Å². The summed E-state index contributed by atoms with van der Waals surface area (Å²) >= 11 is 0. The van der Waals surface area contributed by atoms with Crippen LogP contribution in [-0.4, -0.2) is 0 Å². The molecule has 0 saturated heterocycles. The maximum atomic E-state index is 4.64. The molecule has 0 fully saturated rings. The summed E-state index contributed by atoms with van der Waals surface area (Å²) in [5, 5.41) is 0. The smallest absolute Gasteiger partial charge is 0.0178 e. The number of nitrogens with two attached hydrogens (primary N) is 1. The molecule has 0 rings (SSSR count). The minimum Gasteiger partial charge on any atom is -0.267 e. The molecule has 0 aliphatic heterocycles.